The molecule has 19 heavy (non-hydrogen) atoms. The zero-order valence-electron chi connectivity index (χ0n) is 10.2. The third kappa shape index (κ3) is 3.24. The van der Waals surface area contributed by atoms with Gasteiger partial charge in [-0.3, -0.25) is 0 Å². The van der Waals surface area contributed by atoms with Crippen molar-refractivity contribution in [3.8, 4) is 0 Å². The minimum absolute atomic E-state index is 0.0372. The number of benzene rings is 1. The zero-order chi connectivity index (χ0) is 14.0. The molecule has 0 saturated carbocycles. The van der Waals surface area contributed by atoms with Crippen LogP contribution in [0.4, 0.5) is 4.39 Å². The quantitative estimate of drug-likeness (QED) is 0.848. The van der Waals surface area contributed by atoms with E-state index in [2.05, 4.69) is 0 Å². The van der Waals surface area contributed by atoms with Crippen molar-refractivity contribution in [3.63, 3.8) is 0 Å². The summed E-state index contributed by atoms with van der Waals surface area (Å²) in [6, 6.07) is 3.22. The predicted molar refractivity (Wildman–Crippen MR) is 66.9 cm³/mol. The molecule has 1 atom stereocenters. The first-order chi connectivity index (χ1) is 8.93. The van der Waals surface area contributed by atoms with Crippen molar-refractivity contribution in [2.24, 2.45) is 0 Å². The van der Waals surface area contributed by atoms with Gasteiger partial charge in [0.2, 0.25) is 10.0 Å². The van der Waals surface area contributed by atoms with E-state index in [1.54, 1.807) is 0 Å². The SMILES string of the molecule is CO[C@@H]1CN(S(=O)(=O)c2cc(F)cc(Cl)c2)CCO1. The highest BCUT2D eigenvalue weighted by molar-refractivity contribution is 7.89. The van der Waals surface area contributed by atoms with Gasteiger partial charge >= 0.3 is 0 Å². The number of halogens is 2. The number of hydrogen-bond acceptors (Lipinski definition) is 4. The van der Waals surface area contributed by atoms with Gasteiger partial charge in [0.25, 0.3) is 0 Å². The molecule has 0 bridgehead atoms. The Labute approximate surface area is 115 Å². The largest absolute Gasteiger partial charge is 0.354 e. The van der Waals surface area contributed by atoms with E-state index in [0.717, 1.165) is 12.1 Å². The van der Waals surface area contributed by atoms with Gasteiger partial charge in [-0.05, 0) is 18.2 Å². The van der Waals surface area contributed by atoms with Gasteiger partial charge in [-0.2, -0.15) is 4.31 Å². The first-order valence-electron chi connectivity index (χ1n) is 5.54. The maximum Gasteiger partial charge on any atom is 0.243 e. The Hall–Kier alpha value is -0.730. The van der Waals surface area contributed by atoms with E-state index in [0.29, 0.717) is 0 Å². The molecule has 1 aliphatic rings. The Morgan fingerprint density at radius 2 is 2.21 bits per heavy atom. The maximum absolute atomic E-state index is 13.3. The molecule has 1 fully saturated rings. The molecule has 8 heteroatoms. The Morgan fingerprint density at radius 3 is 2.84 bits per heavy atom. The molecule has 1 saturated heterocycles. The molecule has 0 spiro atoms. The van der Waals surface area contributed by atoms with Crippen LogP contribution in [0.25, 0.3) is 0 Å². The number of nitrogens with zero attached hydrogens (tertiary/aromatic N) is 1. The summed E-state index contributed by atoms with van der Waals surface area (Å²) in [6.45, 7) is 0.476. The van der Waals surface area contributed by atoms with Crippen molar-refractivity contribution in [1.82, 2.24) is 4.31 Å². The lowest BCUT2D eigenvalue weighted by atomic mass is 10.3. The number of methoxy groups -OCH3 is 1. The number of sulfonamides is 1. The van der Waals surface area contributed by atoms with Crippen molar-refractivity contribution in [2.75, 3.05) is 26.8 Å². The summed E-state index contributed by atoms with van der Waals surface area (Å²) in [5.74, 6) is -0.692. The van der Waals surface area contributed by atoms with Crippen LogP contribution in [0.15, 0.2) is 23.1 Å². The number of morpholine rings is 1. The zero-order valence-corrected chi connectivity index (χ0v) is 11.7. The minimum Gasteiger partial charge on any atom is -0.354 e. The highest BCUT2D eigenvalue weighted by Gasteiger charge is 2.31. The van der Waals surface area contributed by atoms with Crippen LogP contribution in [0.5, 0.6) is 0 Å². The van der Waals surface area contributed by atoms with Crippen LogP contribution in [-0.4, -0.2) is 45.8 Å². The lowest BCUT2D eigenvalue weighted by molar-refractivity contribution is -0.151. The third-order valence-electron chi connectivity index (χ3n) is 2.73. The molecule has 0 aromatic heterocycles. The number of rotatable bonds is 3. The van der Waals surface area contributed by atoms with Gasteiger partial charge < -0.3 is 9.47 Å². The normalized spacial score (nSPS) is 21.5. The molecule has 1 aromatic carbocycles. The summed E-state index contributed by atoms with van der Waals surface area (Å²) >= 11 is 5.68. The summed E-state index contributed by atoms with van der Waals surface area (Å²) in [5, 5.41) is 0.0372. The fraction of sp³-hybridized carbons (Fsp3) is 0.455. The lowest BCUT2D eigenvalue weighted by Crippen LogP contribution is -2.46. The summed E-state index contributed by atoms with van der Waals surface area (Å²) in [6.07, 6.45) is -0.618. The van der Waals surface area contributed by atoms with E-state index in [1.807, 2.05) is 0 Å². The molecule has 0 aliphatic carbocycles. The Bertz CT molecular complexity index is 546. The summed E-state index contributed by atoms with van der Waals surface area (Å²) in [7, 11) is -2.37. The molecular weight excluding hydrogens is 297 g/mol. The summed E-state index contributed by atoms with van der Waals surface area (Å²) in [4.78, 5) is -0.172. The molecule has 0 radical (unpaired) electrons. The molecule has 1 heterocycles. The standard InChI is InChI=1S/C11H13ClFNO4S/c1-17-11-7-14(2-3-18-11)19(15,16)10-5-8(12)4-9(13)6-10/h4-6,11H,2-3,7H2,1H3/t11-/m0/s1. The van der Waals surface area contributed by atoms with E-state index in [-0.39, 0.29) is 29.6 Å². The molecule has 5 nitrogen and oxygen atoms in total. The van der Waals surface area contributed by atoms with Crippen molar-refractivity contribution in [1.29, 1.82) is 0 Å². The van der Waals surface area contributed by atoms with Crippen molar-refractivity contribution in [2.45, 2.75) is 11.2 Å². The average Bonchev–Trinajstić information content (AvgIpc) is 2.37. The minimum atomic E-state index is -3.80. The molecule has 1 aromatic rings. The topological polar surface area (TPSA) is 55.8 Å². The van der Waals surface area contributed by atoms with E-state index >= 15 is 0 Å². The van der Waals surface area contributed by atoms with Gasteiger partial charge in [0.1, 0.15) is 5.82 Å². The number of ether oxygens (including phenoxy) is 2. The highest BCUT2D eigenvalue weighted by atomic mass is 35.5. The summed E-state index contributed by atoms with van der Waals surface area (Å²) < 4.78 is 49.3. The molecular formula is C11H13ClFNO4S. The van der Waals surface area contributed by atoms with Gasteiger partial charge in [0, 0.05) is 18.7 Å². The van der Waals surface area contributed by atoms with Gasteiger partial charge in [0.05, 0.1) is 18.0 Å². The van der Waals surface area contributed by atoms with Crippen molar-refractivity contribution < 1.29 is 22.3 Å². The molecule has 106 valence electrons. The predicted octanol–water partition coefficient (Wildman–Crippen LogP) is 1.47. The van der Waals surface area contributed by atoms with Gasteiger partial charge in [-0.15, -0.1) is 0 Å². The van der Waals surface area contributed by atoms with Gasteiger partial charge in [0.15, 0.2) is 6.29 Å². The second-order valence-corrected chi connectivity index (χ2v) is 6.38. The lowest BCUT2D eigenvalue weighted by Gasteiger charge is -2.31. The maximum atomic E-state index is 13.3. The van der Waals surface area contributed by atoms with Crippen LogP contribution in [-0.2, 0) is 19.5 Å². The van der Waals surface area contributed by atoms with Crippen molar-refractivity contribution in [3.05, 3.63) is 29.0 Å². The Balaban J connectivity index is 2.31. The van der Waals surface area contributed by atoms with Gasteiger partial charge in [-0.25, -0.2) is 12.8 Å². The van der Waals surface area contributed by atoms with Gasteiger partial charge in [-0.1, -0.05) is 11.6 Å². The van der Waals surface area contributed by atoms with Crippen LogP contribution in [0.2, 0.25) is 5.02 Å². The fourth-order valence-corrected chi connectivity index (χ4v) is 3.54. The highest BCUT2D eigenvalue weighted by Crippen LogP contribution is 2.23. The van der Waals surface area contributed by atoms with Crippen LogP contribution in [0.3, 0.4) is 0 Å². The third-order valence-corrected chi connectivity index (χ3v) is 4.79. The fourth-order valence-electron chi connectivity index (χ4n) is 1.78. The molecule has 0 N–H and O–H groups in total. The van der Waals surface area contributed by atoms with Crippen LogP contribution < -0.4 is 0 Å². The molecule has 2 rings (SSSR count). The Morgan fingerprint density at radius 1 is 1.47 bits per heavy atom. The molecule has 0 unspecified atom stereocenters. The second kappa shape index (κ2) is 5.72. The van der Waals surface area contributed by atoms with E-state index in [4.69, 9.17) is 21.1 Å². The van der Waals surface area contributed by atoms with Crippen molar-refractivity contribution >= 4 is 21.6 Å². The van der Waals surface area contributed by atoms with E-state index in [1.165, 1.54) is 17.5 Å². The number of hydrogen-bond donors (Lipinski definition) is 0. The second-order valence-electron chi connectivity index (χ2n) is 4.00. The average molecular weight is 310 g/mol. The first-order valence-corrected chi connectivity index (χ1v) is 7.36. The molecule has 0 amide bonds. The molecule has 1 aliphatic heterocycles. The Kier molecular flexibility index (Phi) is 4.42. The first kappa shape index (κ1) is 14.7. The van der Waals surface area contributed by atoms with Crippen LogP contribution in [0.1, 0.15) is 0 Å². The van der Waals surface area contributed by atoms with Crippen LogP contribution in [0, 0.1) is 5.82 Å². The van der Waals surface area contributed by atoms with Crippen LogP contribution >= 0.6 is 11.6 Å². The van der Waals surface area contributed by atoms with E-state index < -0.39 is 22.1 Å². The smallest absolute Gasteiger partial charge is 0.243 e. The monoisotopic (exact) mass is 309 g/mol. The summed E-state index contributed by atoms with van der Waals surface area (Å²) in [5.41, 5.74) is 0. The van der Waals surface area contributed by atoms with E-state index in [9.17, 15) is 12.8 Å².